The van der Waals surface area contributed by atoms with Gasteiger partial charge in [-0.05, 0) is 38.5 Å². The highest BCUT2D eigenvalue weighted by molar-refractivity contribution is 5.69. The second-order valence-electron chi connectivity index (χ2n) is 6.13. The van der Waals surface area contributed by atoms with Crippen molar-refractivity contribution in [2.75, 3.05) is 13.2 Å². The molecule has 0 heterocycles. The van der Waals surface area contributed by atoms with Gasteiger partial charge >= 0.3 is 5.97 Å². The SMILES string of the molecule is CCCCC/C=C\C/C=C\CCCCCCCC(=O)OC[CH]CO. The van der Waals surface area contributed by atoms with Crippen LogP contribution in [0.2, 0.25) is 0 Å². The molecule has 0 fully saturated rings. The summed E-state index contributed by atoms with van der Waals surface area (Å²) in [4.78, 5) is 11.3. The summed E-state index contributed by atoms with van der Waals surface area (Å²) in [5.74, 6) is -0.162. The number of carbonyl (C=O) groups is 1. The number of rotatable bonds is 17. The quantitative estimate of drug-likeness (QED) is 0.215. The normalized spacial score (nSPS) is 11.6. The molecule has 1 radical (unpaired) electrons. The van der Waals surface area contributed by atoms with Gasteiger partial charge in [-0.15, -0.1) is 0 Å². The van der Waals surface area contributed by atoms with Gasteiger partial charge in [-0.3, -0.25) is 4.79 Å². The van der Waals surface area contributed by atoms with Crippen LogP contribution < -0.4 is 0 Å². The first-order valence-electron chi connectivity index (χ1n) is 9.69. The number of hydrogen-bond acceptors (Lipinski definition) is 3. The fraction of sp³-hybridized carbons (Fsp3) is 0.714. The summed E-state index contributed by atoms with van der Waals surface area (Å²) in [7, 11) is 0. The summed E-state index contributed by atoms with van der Waals surface area (Å²) in [5, 5.41) is 8.54. The molecule has 3 nitrogen and oxygen atoms in total. The smallest absolute Gasteiger partial charge is 0.305 e. The molecule has 24 heavy (non-hydrogen) atoms. The summed E-state index contributed by atoms with van der Waals surface area (Å²) in [6.45, 7) is 2.41. The molecule has 0 amide bonds. The van der Waals surface area contributed by atoms with Crippen LogP contribution in [0, 0.1) is 6.42 Å². The minimum absolute atomic E-state index is 0.0447. The van der Waals surface area contributed by atoms with Crippen LogP contribution in [0.4, 0.5) is 0 Å². The zero-order chi connectivity index (χ0) is 17.7. The Hall–Kier alpha value is -1.09. The van der Waals surface area contributed by atoms with Crippen molar-refractivity contribution in [2.45, 2.75) is 84.0 Å². The summed E-state index contributed by atoms with van der Waals surface area (Å²) in [6.07, 6.45) is 24.1. The van der Waals surface area contributed by atoms with E-state index in [0.717, 1.165) is 25.7 Å². The van der Waals surface area contributed by atoms with Crippen molar-refractivity contribution >= 4 is 5.97 Å². The molecule has 0 aliphatic carbocycles. The molecule has 3 heteroatoms. The van der Waals surface area contributed by atoms with E-state index in [9.17, 15) is 4.79 Å². The molecule has 0 spiro atoms. The Morgan fingerprint density at radius 2 is 1.50 bits per heavy atom. The number of aliphatic hydroxyl groups is 1. The highest BCUT2D eigenvalue weighted by Crippen LogP contribution is 2.08. The van der Waals surface area contributed by atoms with Gasteiger partial charge in [0.1, 0.15) is 0 Å². The number of aliphatic hydroxyl groups excluding tert-OH is 1. The average molecular weight is 338 g/mol. The van der Waals surface area contributed by atoms with Crippen molar-refractivity contribution in [3.63, 3.8) is 0 Å². The van der Waals surface area contributed by atoms with Crippen LogP contribution in [-0.4, -0.2) is 24.3 Å². The molecule has 0 atom stereocenters. The van der Waals surface area contributed by atoms with E-state index < -0.39 is 0 Å². The lowest BCUT2D eigenvalue weighted by Crippen LogP contribution is -2.07. The molecule has 0 unspecified atom stereocenters. The Bertz CT molecular complexity index is 321. The molecule has 0 rings (SSSR count). The molecule has 139 valence electrons. The van der Waals surface area contributed by atoms with Crippen molar-refractivity contribution in [1.82, 2.24) is 0 Å². The van der Waals surface area contributed by atoms with Crippen LogP contribution in [0.15, 0.2) is 24.3 Å². The van der Waals surface area contributed by atoms with Gasteiger partial charge < -0.3 is 9.84 Å². The van der Waals surface area contributed by atoms with Crippen LogP contribution >= 0.6 is 0 Å². The largest absolute Gasteiger partial charge is 0.465 e. The van der Waals surface area contributed by atoms with E-state index in [-0.39, 0.29) is 19.2 Å². The first kappa shape index (κ1) is 22.9. The predicted molar refractivity (Wildman–Crippen MR) is 102 cm³/mol. The molecule has 0 saturated carbocycles. The Balaban J connectivity index is 3.24. The van der Waals surface area contributed by atoms with Crippen molar-refractivity contribution < 1.29 is 14.6 Å². The van der Waals surface area contributed by atoms with Crippen molar-refractivity contribution in [1.29, 1.82) is 0 Å². The molecule has 0 aromatic carbocycles. The average Bonchev–Trinajstić information content (AvgIpc) is 2.58. The first-order chi connectivity index (χ1) is 11.8. The molecule has 0 bridgehead atoms. The molecule has 0 aliphatic heterocycles. The van der Waals surface area contributed by atoms with Crippen LogP contribution in [0.1, 0.15) is 84.0 Å². The Kier molecular flexibility index (Phi) is 19.0. The van der Waals surface area contributed by atoms with Crippen LogP contribution in [0.25, 0.3) is 0 Å². The van der Waals surface area contributed by atoms with E-state index in [0.29, 0.717) is 6.42 Å². The number of hydrogen-bond donors (Lipinski definition) is 1. The van der Waals surface area contributed by atoms with Gasteiger partial charge in [0.2, 0.25) is 0 Å². The molecule has 0 aromatic heterocycles. The van der Waals surface area contributed by atoms with Crippen molar-refractivity contribution in [2.24, 2.45) is 0 Å². The maximum atomic E-state index is 11.3. The summed E-state index contributed by atoms with van der Waals surface area (Å²) >= 11 is 0. The van der Waals surface area contributed by atoms with Gasteiger partial charge in [-0.25, -0.2) is 0 Å². The standard InChI is InChI=1S/C21H37O3/c1-2-3-4-5-6-7-8-9-10-11-12-13-14-15-16-18-21(23)24-20-17-19-22/h6-7,9-10,17,22H,2-5,8,11-16,18-20H2,1H3/b7-6-,10-9-. The molecule has 0 saturated heterocycles. The lowest BCUT2D eigenvalue weighted by atomic mass is 10.1. The number of unbranched alkanes of at least 4 members (excludes halogenated alkanes) is 8. The first-order valence-corrected chi connectivity index (χ1v) is 9.69. The van der Waals surface area contributed by atoms with Crippen LogP contribution in [0.5, 0.6) is 0 Å². The monoisotopic (exact) mass is 337 g/mol. The van der Waals surface area contributed by atoms with Gasteiger partial charge in [-0.1, -0.05) is 63.3 Å². The van der Waals surface area contributed by atoms with Gasteiger partial charge in [-0.2, -0.15) is 0 Å². The number of allylic oxidation sites excluding steroid dienone is 4. The van der Waals surface area contributed by atoms with Gasteiger partial charge in [0.15, 0.2) is 0 Å². The lowest BCUT2D eigenvalue weighted by molar-refractivity contribution is -0.143. The highest BCUT2D eigenvalue weighted by atomic mass is 16.5. The number of carbonyl (C=O) groups excluding carboxylic acids is 1. The lowest BCUT2D eigenvalue weighted by Gasteiger charge is -2.03. The van der Waals surface area contributed by atoms with Crippen molar-refractivity contribution in [3.8, 4) is 0 Å². The number of ether oxygens (including phenoxy) is 1. The molecular formula is C21H37O3. The van der Waals surface area contributed by atoms with Gasteiger partial charge in [0.05, 0.1) is 6.61 Å². The van der Waals surface area contributed by atoms with Crippen molar-refractivity contribution in [3.05, 3.63) is 30.7 Å². The van der Waals surface area contributed by atoms with Gasteiger partial charge in [0, 0.05) is 19.4 Å². The maximum absolute atomic E-state index is 11.3. The molecule has 1 N–H and O–H groups in total. The van der Waals surface area contributed by atoms with E-state index in [2.05, 4.69) is 31.2 Å². The van der Waals surface area contributed by atoms with Crippen LogP contribution in [-0.2, 0) is 9.53 Å². The summed E-state index contributed by atoms with van der Waals surface area (Å²) in [5.41, 5.74) is 0. The topological polar surface area (TPSA) is 46.5 Å². The maximum Gasteiger partial charge on any atom is 0.305 e. The third kappa shape index (κ3) is 19.0. The third-order valence-electron chi connectivity index (χ3n) is 3.82. The molecular weight excluding hydrogens is 300 g/mol. The fourth-order valence-electron chi connectivity index (χ4n) is 2.36. The third-order valence-corrected chi connectivity index (χ3v) is 3.82. The molecule has 0 aliphatic rings. The van der Waals surface area contributed by atoms with E-state index in [4.69, 9.17) is 9.84 Å². The minimum Gasteiger partial charge on any atom is -0.465 e. The zero-order valence-corrected chi connectivity index (χ0v) is 15.5. The predicted octanol–water partition coefficient (Wildman–Crippen LogP) is 5.54. The van der Waals surface area contributed by atoms with E-state index in [1.807, 2.05) is 0 Å². The Labute approximate surface area is 149 Å². The number of esters is 1. The second-order valence-corrected chi connectivity index (χ2v) is 6.13. The summed E-state index contributed by atoms with van der Waals surface area (Å²) < 4.78 is 4.93. The summed E-state index contributed by atoms with van der Waals surface area (Å²) in [6, 6.07) is 0. The van der Waals surface area contributed by atoms with E-state index in [1.165, 1.54) is 51.4 Å². The Morgan fingerprint density at radius 3 is 2.17 bits per heavy atom. The molecule has 0 aromatic rings. The van der Waals surface area contributed by atoms with E-state index >= 15 is 0 Å². The highest BCUT2D eigenvalue weighted by Gasteiger charge is 2.01. The Morgan fingerprint density at radius 1 is 0.875 bits per heavy atom. The van der Waals surface area contributed by atoms with E-state index in [1.54, 1.807) is 0 Å². The second kappa shape index (κ2) is 20.0. The fourth-order valence-corrected chi connectivity index (χ4v) is 2.36. The minimum atomic E-state index is -0.162. The zero-order valence-electron chi connectivity index (χ0n) is 15.5. The van der Waals surface area contributed by atoms with Gasteiger partial charge in [0.25, 0.3) is 0 Å². The van der Waals surface area contributed by atoms with Crippen LogP contribution in [0.3, 0.4) is 0 Å².